The first kappa shape index (κ1) is 11.8. The molecule has 0 aliphatic carbocycles. The average molecular weight is 197 g/mol. The topological polar surface area (TPSA) is 66.8 Å². The van der Waals surface area contributed by atoms with E-state index in [0.717, 1.165) is 0 Å². The van der Waals surface area contributed by atoms with Gasteiger partial charge in [0.1, 0.15) is 5.72 Å². The molecule has 0 aromatic heterocycles. The second-order valence-corrected chi connectivity index (χ2v) is 3.96. The van der Waals surface area contributed by atoms with Crippen LogP contribution in [-0.2, 0) is 14.6 Å². The van der Waals surface area contributed by atoms with Crippen LogP contribution in [0.15, 0.2) is 0 Å². The summed E-state index contributed by atoms with van der Waals surface area (Å²) >= 11 is 0. The molecule has 0 aromatic rings. The van der Waals surface area contributed by atoms with Crippen LogP contribution in [0.2, 0.25) is 0 Å². The van der Waals surface area contributed by atoms with Gasteiger partial charge in [0.05, 0.1) is 0 Å². The van der Waals surface area contributed by atoms with E-state index in [1.54, 1.807) is 32.8 Å². The Morgan fingerprint density at radius 3 is 2.00 bits per heavy atom. The first-order valence-electron chi connectivity index (χ1n) is 3.57. The molecule has 0 amide bonds. The van der Waals surface area contributed by atoms with Crippen molar-refractivity contribution < 1.29 is 17.2 Å². The minimum absolute atomic E-state index is 0.458. The maximum absolute atomic E-state index is 10.4. The quantitative estimate of drug-likeness (QED) is 0.525. The molecule has 12 heavy (non-hydrogen) atoms. The van der Waals surface area contributed by atoms with Crippen LogP contribution >= 0.6 is 0 Å². The van der Waals surface area contributed by atoms with Crippen LogP contribution in [0, 0.1) is 0 Å². The van der Waals surface area contributed by atoms with E-state index in [1.807, 2.05) is 0 Å². The Hall–Kier alpha value is -0.170. The first-order valence-corrected chi connectivity index (χ1v) is 4.93. The van der Waals surface area contributed by atoms with Crippen molar-refractivity contribution in [3.05, 3.63) is 0 Å². The second kappa shape index (κ2) is 3.69. The maximum Gasteiger partial charge on any atom is 0.399 e. The number of nitrogens with zero attached hydrogens (tertiary/aromatic N) is 1. The van der Waals surface area contributed by atoms with Gasteiger partial charge in [0.25, 0.3) is 0 Å². The van der Waals surface area contributed by atoms with Crippen molar-refractivity contribution >= 4 is 10.4 Å². The molecule has 0 bridgehead atoms. The molecule has 1 unspecified atom stereocenters. The fourth-order valence-corrected chi connectivity index (χ4v) is 1.40. The molecule has 5 nitrogen and oxygen atoms in total. The zero-order valence-electron chi connectivity index (χ0n) is 7.73. The monoisotopic (exact) mass is 197 g/mol. The number of hydrogen-bond donors (Lipinski definition) is 1. The summed E-state index contributed by atoms with van der Waals surface area (Å²) < 4.78 is 33.8. The summed E-state index contributed by atoms with van der Waals surface area (Å²) in [7, 11) is -1.03. The lowest BCUT2D eigenvalue weighted by atomic mass is 10.2. The average Bonchev–Trinajstić information content (AvgIpc) is 1.83. The number of hydrogen-bond acceptors (Lipinski definition) is 4. The van der Waals surface area contributed by atoms with Gasteiger partial charge in [0.2, 0.25) is 0 Å². The van der Waals surface area contributed by atoms with E-state index >= 15 is 0 Å². The van der Waals surface area contributed by atoms with Crippen LogP contribution < -0.4 is 0 Å². The van der Waals surface area contributed by atoms with Crippen molar-refractivity contribution in [2.75, 3.05) is 14.1 Å². The Balaban J connectivity index is 4.57. The molecule has 0 rings (SSSR count). The van der Waals surface area contributed by atoms with Gasteiger partial charge in [0.15, 0.2) is 0 Å². The van der Waals surface area contributed by atoms with E-state index in [-0.39, 0.29) is 0 Å². The minimum atomic E-state index is -4.38. The SMILES string of the molecule is CCC(C)(OS(=O)(=O)O)N(C)C. The van der Waals surface area contributed by atoms with Gasteiger partial charge < -0.3 is 0 Å². The number of rotatable bonds is 4. The molecule has 0 aromatic carbocycles. The Bertz CT molecular complexity index is 236. The van der Waals surface area contributed by atoms with E-state index in [1.165, 1.54) is 0 Å². The molecule has 6 heteroatoms. The predicted octanol–water partition coefficient (Wildman–Crippen LogP) is 0.494. The van der Waals surface area contributed by atoms with Crippen LogP contribution in [0.5, 0.6) is 0 Å². The van der Waals surface area contributed by atoms with Crippen LogP contribution in [-0.4, -0.2) is 37.7 Å². The van der Waals surface area contributed by atoms with Crippen molar-refractivity contribution in [1.29, 1.82) is 0 Å². The zero-order chi connectivity index (χ0) is 9.99. The van der Waals surface area contributed by atoms with Crippen molar-refractivity contribution in [3.63, 3.8) is 0 Å². The molecule has 74 valence electrons. The predicted molar refractivity (Wildman–Crippen MR) is 45.0 cm³/mol. The van der Waals surface area contributed by atoms with Crippen molar-refractivity contribution in [3.8, 4) is 0 Å². The van der Waals surface area contributed by atoms with Crippen molar-refractivity contribution in [1.82, 2.24) is 4.90 Å². The Morgan fingerprint density at radius 2 is 1.92 bits per heavy atom. The van der Waals surface area contributed by atoms with Gasteiger partial charge in [-0.05, 0) is 27.4 Å². The summed E-state index contributed by atoms with van der Waals surface area (Å²) in [6.45, 7) is 3.35. The molecule has 0 aliphatic heterocycles. The van der Waals surface area contributed by atoms with Crippen LogP contribution in [0.25, 0.3) is 0 Å². The van der Waals surface area contributed by atoms with Crippen molar-refractivity contribution in [2.45, 2.75) is 26.0 Å². The Morgan fingerprint density at radius 1 is 1.50 bits per heavy atom. The molecule has 0 fully saturated rings. The summed E-state index contributed by atoms with van der Waals surface area (Å²) in [5.74, 6) is 0. The Labute approximate surface area is 73.3 Å². The van der Waals surface area contributed by atoms with Gasteiger partial charge in [-0.1, -0.05) is 6.92 Å². The van der Waals surface area contributed by atoms with E-state index in [0.29, 0.717) is 6.42 Å². The van der Waals surface area contributed by atoms with E-state index < -0.39 is 16.1 Å². The van der Waals surface area contributed by atoms with Crippen LogP contribution in [0.4, 0.5) is 0 Å². The highest BCUT2D eigenvalue weighted by molar-refractivity contribution is 7.80. The summed E-state index contributed by atoms with van der Waals surface area (Å²) in [5.41, 5.74) is -0.979. The van der Waals surface area contributed by atoms with Gasteiger partial charge in [-0.2, -0.15) is 8.42 Å². The molecule has 1 N–H and O–H groups in total. The molecule has 1 atom stereocenters. The highest BCUT2D eigenvalue weighted by atomic mass is 32.3. The highest BCUT2D eigenvalue weighted by Crippen LogP contribution is 2.19. The molecule has 0 spiro atoms. The zero-order valence-corrected chi connectivity index (χ0v) is 8.55. The largest absolute Gasteiger partial charge is 0.399 e. The Kier molecular flexibility index (Phi) is 3.64. The van der Waals surface area contributed by atoms with Gasteiger partial charge >= 0.3 is 10.4 Å². The van der Waals surface area contributed by atoms with Gasteiger partial charge in [-0.15, -0.1) is 0 Å². The van der Waals surface area contributed by atoms with Gasteiger partial charge in [-0.25, -0.2) is 4.18 Å². The fraction of sp³-hybridized carbons (Fsp3) is 1.00. The van der Waals surface area contributed by atoms with Gasteiger partial charge in [0, 0.05) is 0 Å². The third kappa shape index (κ3) is 3.48. The summed E-state index contributed by atoms with van der Waals surface area (Å²) in [4.78, 5) is 1.58. The molecule has 0 radical (unpaired) electrons. The molecule has 0 saturated heterocycles. The van der Waals surface area contributed by atoms with Crippen LogP contribution in [0.1, 0.15) is 20.3 Å². The second-order valence-electron chi connectivity index (χ2n) is 2.93. The molecule has 0 heterocycles. The highest BCUT2D eigenvalue weighted by Gasteiger charge is 2.31. The van der Waals surface area contributed by atoms with Crippen LogP contribution in [0.3, 0.4) is 0 Å². The normalized spacial score (nSPS) is 17.8. The first-order chi connectivity index (χ1) is 5.21. The molecular formula is C6H15NO4S. The summed E-state index contributed by atoms with van der Waals surface area (Å²) in [6.07, 6.45) is 0.458. The molecular weight excluding hydrogens is 182 g/mol. The standard InChI is InChI=1S/C6H15NO4S/c1-5-6(2,7(3)4)11-12(8,9)10/h5H2,1-4H3,(H,8,9,10). The lowest BCUT2D eigenvalue weighted by Crippen LogP contribution is -2.44. The van der Waals surface area contributed by atoms with E-state index in [4.69, 9.17) is 4.55 Å². The lowest BCUT2D eigenvalue weighted by molar-refractivity contribution is -0.0459. The van der Waals surface area contributed by atoms with E-state index in [9.17, 15) is 8.42 Å². The molecule has 0 saturated carbocycles. The third-order valence-corrected chi connectivity index (χ3v) is 2.46. The van der Waals surface area contributed by atoms with Gasteiger partial charge in [-0.3, -0.25) is 9.45 Å². The van der Waals surface area contributed by atoms with E-state index in [2.05, 4.69) is 4.18 Å². The lowest BCUT2D eigenvalue weighted by Gasteiger charge is -2.32. The molecule has 0 aliphatic rings. The summed E-state index contributed by atoms with van der Waals surface area (Å²) in [5, 5.41) is 0. The summed E-state index contributed by atoms with van der Waals surface area (Å²) in [6, 6.07) is 0. The van der Waals surface area contributed by atoms with Crippen molar-refractivity contribution in [2.24, 2.45) is 0 Å². The fourth-order valence-electron chi connectivity index (χ4n) is 0.677. The third-order valence-electron chi connectivity index (χ3n) is 1.89. The smallest absolute Gasteiger partial charge is 0.281 e. The maximum atomic E-state index is 10.4. The minimum Gasteiger partial charge on any atom is -0.281 e.